The van der Waals surface area contributed by atoms with Crippen molar-refractivity contribution < 1.29 is 50.0 Å². The average Bonchev–Trinajstić information content (AvgIpc) is 3.37. The lowest BCUT2D eigenvalue weighted by molar-refractivity contribution is -0.303. The fourth-order valence-corrected chi connectivity index (χ4v) is 9.79. The molecule has 1 rings (SSSR count). The summed E-state index contributed by atoms with van der Waals surface area (Å²) in [6.07, 6.45) is 48.2. The van der Waals surface area contributed by atoms with Gasteiger partial charge in [-0.05, 0) is 64.2 Å². The van der Waals surface area contributed by atoms with Crippen LogP contribution in [0.5, 0.6) is 0 Å². The van der Waals surface area contributed by atoms with Gasteiger partial charge in [0.2, 0.25) is 5.91 Å². The van der Waals surface area contributed by atoms with Crippen LogP contribution in [0.25, 0.3) is 0 Å². The molecule has 1 heterocycles. The maximum Gasteiger partial charge on any atom is 0.249 e. The molecule has 11 nitrogen and oxygen atoms in total. The van der Waals surface area contributed by atoms with Crippen LogP contribution in [0.4, 0.5) is 0 Å². The molecule has 8 N–H and O–H groups in total. The van der Waals surface area contributed by atoms with Crippen molar-refractivity contribution in [3.05, 3.63) is 24.3 Å². The fourth-order valence-electron chi connectivity index (χ4n) is 9.79. The molecular weight excluding hydrogens is 895 g/mol. The van der Waals surface area contributed by atoms with Gasteiger partial charge in [0.1, 0.15) is 36.6 Å². The molecule has 1 amide bonds. The average molecular weight is 1010 g/mol. The first-order valence-electron chi connectivity index (χ1n) is 30.2. The molecule has 1 fully saturated rings. The van der Waals surface area contributed by atoms with Crippen LogP contribution in [-0.4, -0.2) is 110 Å². The van der Waals surface area contributed by atoms with E-state index in [9.17, 15) is 40.5 Å². The van der Waals surface area contributed by atoms with E-state index >= 15 is 0 Å². The molecule has 71 heavy (non-hydrogen) atoms. The van der Waals surface area contributed by atoms with Gasteiger partial charge in [-0.3, -0.25) is 4.79 Å². The molecule has 0 spiro atoms. The maximum atomic E-state index is 13.2. The first-order valence-corrected chi connectivity index (χ1v) is 30.2. The summed E-state index contributed by atoms with van der Waals surface area (Å²) in [6, 6.07) is -1.19. The van der Waals surface area contributed by atoms with Crippen molar-refractivity contribution in [2.45, 2.75) is 339 Å². The van der Waals surface area contributed by atoms with Crippen molar-refractivity contribution >= 4 is 5.91 Å². The molecule has 0 aromatic heterocycles. The second kappa shape index (κ2) is 49.5. The van der Waals surface area contributed by atoms with Gasteiger partial charge in [0.25, 0.3) is 0 Å². The van der Waals surface area contributed by atoms with Gasteiger partial charge in [0.05, 0.1) is 25.4 Å². The summed E-state index contributed by atoms with van der Waals surface area (Å²) in [5, 5.41) is 76.1. The molecule has 0 saturated carbocycles. The lowest BCUT2D eigenvalue weighted by Gasteiger charge is -2.40. The quantitative estimate of drug-likeness (QED) is 0.0215. The van der Waals surface area contributed by atoms with Gasteiger partial charge in [0, 0.05) is 0 Å². The van der Waals surface area contributed by atoms with E-state index < -0.39 is 74.2 Å². The molecule has 0 radical (unpaired) electrons. The van der Waals surface area contributed by atoms with Crippen LogP contribution >= 0.6 is 0 Å². The summed E-state index contributed by atoms with van der Waals surface area (Å²) >= 11 is 0. The highest BCUT2D eigenvalue weighted by molar-refractivity contribution is 5.80. The maximum absolute atomic E-state index is 13.2. The van der Waals surface area contributed by atoms with Gasteiger partial charge >= 0.3 is 0 Å². The fraction of sp³-hybridized carbons (Fsp3) is 0.917. The Morgan fingerprint density at radius 2 is 0.831 bits per heavy atom. The van der Waals surface area contributed by atoms with E-state index in [1.165, 1.54) is 186 Å². The number of rotatable bonds is 52. The van der Waals surface area contributed by atoms with Crippen LogP contribution in [-0.2, 0) is 14.3 Å². The Hall–Kier alpha value is -1.41. The third-order valence-electron chi connectivity index (χ3n) is 14.7. The molecule has 0 aliphatic carbocycles. The van der Waals surface area contributed by atoms with Crippen molar-refractivity contribution in [3.8, 4) is 0 Å². The number of nitrogens with one attached hydrogen (secondary N) is 1. The molecule has 11 heteroatoms. The number of carbonyl (C=O) groups is 1. The van der Waals surface area contributed by atoms with Crippen molar-refractivity contribution in [1.29, 1.82) is 0 Å². The highest BCUT2D eigenvalue weighted by atomic mass is 16.7. The number of ether oxygens (including phenoxy) is 2. The minimum Gasteiger partial charge on any atom is -0.394 e. The number of aliphatic hydroxyl groups excluding tert-OH is 7. The van der Waals surface area contributed by atoms with Gasteiger partial charge in [-0.15, -0.1) is 0 Å². The van der Waals surface area contributed by atoms with Crippen molar-refractivity contribution in [2.75, 3.05) is 13.2 Å². The molecule has 0 aromatic carbocycles. The van der Waals surface area contributed by atoms with Crippen LogP contribution < -0.4 is 5.32 Å². The lowest BCUT2D eigenvalue weighted by Crippen LogP contribution is -2.60. The summed E-state index contributed by atoms with van der Waals surface area (Å²) in [7, 11) is 0. The highest BCUT2D eigenvalue weighted by Crippen LogP contribution is 2.23. The van der Waals surface area contributed by atoms with E-state index in [1.807, 2.05) is 0 Å². The zero-order valence-electron chi connectivity index (χ0n) is 46.0. The van der Waals surface area contributed by atoms with Crippen LogP contribution in [0.1, 0.15) is 284 Å². The van der Waals surface area contributed by atoms with E-state index in [-0.39, 0.29) is 12.8 Å². The molecule has 420 valence electrons. The smallest absolute Gasteiger partial charge is 0.249 e. The standard InChI is InChI=1S/C60H115NO10/c1-3-5-7-9-11-13-15-17-19-21-22-23-24-25-26-27-28-29-30-31-32-34-35-37-39-41-43-45-47-52(63)55(65)51(50-70-60-58(68)57(67)56(66)54(49-62)71-60)61-59(69)53(64)48-46-44-42-40-38-36-33-20-18-16-14-12-10-8-6-4-2/h18,20,39,41,51-58,60,62-68H,3-17,19,21-38,40,42-50H2,1-2H3,(H,61,69)/b20-18-,41-39+. The predicted octanol–water partition coefficient (Wildman–Crippen LogP) is 12.9. The van der Waals surface area contributed by atoms with Gasteiger partial charge in [-0.25, -0.2) is 0 Å². The van der Waals surface area contributed by atoms with E-state index in [1.54, 1.807) is 0 Å². The van der Waals surface area contributed by atoms with Crippen LogP contribution in [0.3, 0.4) is 0 Å². The van der Waals surface area contributed by atoms with E-state index in [2.05, 4.69) is 43.5 Å². The van der Waals surface area contributed by atoms with E-state index in [0.29, 0.717) is 12.8 Å². The van der Waals surface area contributed by atoms with Crippen LogP contribution in [0.15, 0.2) is 24.3 Å². The first kappa shape index (κ1) is 67.6. The molecule has 9 atom stereocenters. The van der Waals surface area contributed by atoms with Gasteiger partial charge in [-0.1, -0.05) is 244 Å². The Kier molecular flexibility index (Phi) is 47.1. The third kappa shape index (κ3) is 37.9. The van der Waals surface area contributed by atoms with Crippen LogP contribution in [0, 0.1) is 0 Å². The summed E-state index contributed by atoms with van der Waals surface area (Å²) in [6.45, 7) is 3.46. The summed E-state index contributed by atoms with van der Waals surface area (Å²) in [5.41, 5.74) is 0. The van der Waals surface area contributed by atoms with Crippen molar-refractivity contribution in [3.63, 3.8) is 0 Å². The highest BCUT2D eigenvalue weighted by Gasteiger charge is 2.44. The molecule has 1 aliphatic heterocycles. The Morgan fingerprint density at radius 3 is 1.21 bits per heavy atom. The number of carbonyl (C=O) groups excluding carboxylic acids is 1. The predicted molar refractivity (Wildman–Crippen MR) is 293 cm³/mol. The van der Waals surface area contributed by atoms with Gasteiger partial charge < -0.3 is 50.5 Å². The Bertz CT molecular complexity index is 1200. The van der Waals surface area contributed by atoms with E-state index in [4.69, 9.17) is 9.47 Å². The molecule has 9 unspecified atom stereocenters. The van der Waals surface area contributed by atoms with Crippen LogP contribution in [0.2, 0.25) is 0 Å². The first-order chi connectivity index (χ1) is 34.7. The normalized spacial score (nSPS) is 20.3. The molecule has 0 bridgehead atoms. The number of unbranched alkanes of at least 4 members (excludes halogenated alkanes) is 36. The van der Waals surface area contributed by atoms with Gasteiger partial charge in [0.15, 0.2) is 6.29 Å². The van der Waals surface area contributed by atoms with Crippen molar-refractivity contribution in [1.82, 2.24) is 5.32 Å². The summed E-state index contributed by atoms with van der Waals surface area (Å²) in [5.74, 6) is -0.708. The lowest BCUT2D eigenvalue weighted by atomic mass is 9.98. The second-order valence-electron chi connectivity index (χ2n) is 21.4. The minimum absolute atomic E-state index is 0.248. The largest absolute Gasteiger partial charge is 0.394 e. The molecule has 1 aliphatic rings. The zero-order valence-corrected chi connectivity index (χ0v) is 46.0. The zero-order chi connectivity index (χ0) is 51.8. The number of hydrogen-bond donors (Lipinski definition) is 8. The number of allylic oxidation sites excluding steroid dienone is 4. The molecular formula is C60H115NO10. The SMILES string of the molecule is CCCCCCCC/C=C\CCCCCCCCC(O)C(=O)NC(COC1OC(CO)C(O)C(O)C1O)C(O)C(O)CCC/C=C/CCCCCCCCCCCCCCCCCCCCCCCCC. The topological polar surface area (TPSA) is 189 Å². The summed E-state index contributed by atoms with van der Waals surface area (Å²) < 4.78 is 11.1. The second-order valence-corrected chi connectivity index (χ2v) is 21.4. The monoisotopic (exact) mass is 1010 g/mol. The Balaban J connectivity index is 2.28. The number of amides is 1. The minimum atomic E-state index is -1.67. The number of hydrogen-bond acceptors (Lipinski definition) is 10. The molecule has 1 saturated heterocycles. The Morgan fingerprint density at radius 1 is 0.479 bits per heavy atom. The summed E-state index contributed by atoms with van der Waals surface area (Å²) in [4.78, 5) is 13.2. The molecule has 0 aromatic rings. The van der Waals surface area contributed by atoms with E-state index in [0.717, 1.165) is 57.8 Å². The Labute approximate surface area is 435 Å². The third-order valence-corrected chi connectivity index (χ3v) is 14.7. The number of aliphatic hydroxyl groups is 7. The van der Waals surface area contributed by atoms with Gasteiger partial charge in [-0.2, -0.15) is 0 Å². The van der Waals surface area contributed by atoms with Crippen molar-refractivity contribution in [2.24, 2.45) is 0 Å².